The zero-order valence-corrected chi connectivity index (χ0v) is 2.72. The molecule has 0 radical (unpaired) electrons. The molecule has 0 saturated carbocycles. The normalized spacial score (nSPS) is 6.00. The Kier molecular flexibility index (Phi) is 35.3. The molecular formula is C2H10Mg2O3. The highest BCUT2D eigenvalue weighted by Gasteiger charge is 1.69. The average Bonchev–Trinajstić information content (AvgIpc) is 1.41. The van der Waals surface area contributed by atoms with Crippen LogP contribution in [0.4, 0.5) is 0 Å². The first-order chi connectivity index (χ1) is 2.41. The number of hydrogen-bond acceptors (Lipinski definition) is 3. The minimum atomic E-state index is -0.128. The molecule has 0 saturated heterocycles. The average molecular weight is 131 g/mol. The van der Waals surface area contributed by atoms with Gasteiger partial charge in [-0.25, -0.2) is 4.89 Å². The van der Waals surface area contributed by atoms with Gasteiger partial charge in [0.25, 0.3) is 0 Å². The Balaban J connectivity index is -0.0000000800. The molecule has 0 aromatic carbocycles. The first-order valence-corrected chi connectivity index (χ1v) is 1.29. The molecule has 0 bridgehead atoms. The summed E-state index contributed by atoms with van der Waals surface area (Å²) in [7, 11) is 0. The van der Waals surface area contributed by atoms with Gasteiger partial charge in [-0.1, -0.05) is 0 Å². The van der Waals surface area contributed by atoms with Crippen LogP contribution in [0.25, 0.3) is 0 Å². The van der Waals surface area contributed by atoms with Gasteiger partial charge in [0.15, 0.2) is 0 Å². The van der Waals surface area contributed by atoms with Crippen LogP contribution in [0.3, 0.4) is 0 Å². The molecule has 0 rings (SSSR count). The summed E-state index contributed by atoms with van der Waals surface area (Å²) in [4.78, 5) is 3.44. The maximum Gasteiger partial charge on any atom is 0.316 e. The Morgan fingerprint density at radius 3 is 1.71 bits per heavy atom. The van der Waals surface area contributed by atoms with Crippen LogP contribution in [0, 0.1) is 0 Å². The van der Waals surface area contributed by atoms with E-state index in [0.717, 1.165) is 0 Å². The third-order valence-corrected chi connectivity index (χ3v) is 0.183. The molecule has 0 atom stereocenters. The van der Waals surface area contributed by atoms with Crippen LogP contribution < -0.4 is 0 Å². The topological polar surface area (TPSA) is 49.7 Å². The second-order valence-corrected chi connectivity index (χ2v) is 0.557. The predicted molar refractivity (Wildman–Crippen MR) is 32.8 cm³/mol. The van der Waals surface area contributed by atoms with E-state index in [1.807, 2.05) is 0 Å². The lowest BCUT2D eigenvalue weighted by Crippen LogP contribution is -1.92. The Morgan fingerprint density at radius 1 is 1.29 bits per heavy atom. The number of aliphatic hydroxyl groups excluding tert-OH is 1. The van der Waals surface area contributed by atoms with Crippen LogP contribution in [0.1, 0.15) is 0 Å². The highest BCUT2D eigenvalue weighted by Crippen LogP contribution is 1.55. The van der Waals surface area contributed by atoms with E-state index in [9.17, 15) is 0 Å². The van der Waals surface area contributed by atoms with E-state index >= 15 is 0 Å². The third-order valence-electron chi connectivity index (χ3n) is 0.183. The summed E-state index contributed by atoms with van der Waals surface area (Å²) >= 11 is 0. The molecule has 2 N–H and O–H groups in total. The van der Waals surface area contributed by atoms with E-state index < -0.39 is 0 Å². The van der Waals surface area contributed by atoms with Gasteiger partial charge >= 0.3 is 46.1 Å². The SMILES string of the molecule is OCCOO.[MgH2].[MgH2]. The van der Waals surface area contributed by atoms with Gasteiger partial charge in [-0.2, -0.15) is 0 Å². The van der Waals surface area contributed by atoms with E-state index in [1.54, 1.807) is 0 Å². The second-order valence-electron chi connectivity index (χ2n) is 0.557. The zero-order chi connectivity index (χ0) is 4.12. The molecule has 0 aliphatic carbocycles. The van der Waals surface area contributed by atoms with Crippen LogP contribution in [-0.4, -0.2) is 69.7 Å². The van der Waals surface area contributed by atoms with Crippen LogP contribution in [-0.2, 0) is 4.89 Å². The molecule has 0 spiro atoms. The van der Waals surface area contributed by atoms with Gasteiger partial charge < -0.3 is 5.11 Å². The van der Waals surface area contributed by atoms with Crippen molar-refractivity contribution in [2.45, 2.75) is 0 Å². The zero-order valence-electron chi connectivity index (χ0n) is 2.72. The van der Waals surface area contributed by atoms with Crippen molar-refractivity contribution in [2.75, 3.05) is 13.2 Å². The molecule has 0 fully saturated rings. The second kappa shape index (κ2) is 15.7. The molecule has 7 heavy (non-hydrogen) atoms. The predicted octanol–water partition coefficient (Wildman–Crippen LogP) is -2.36. The largest absolute Gasteiger partial charge is 0.394 e. The molecular weight excluding hydrogens is 121 g/mol. The fourth-order valence-electron chi connectivity index (χ4n) is 0.0408. The maximum atomic E-state index is 7.78. The van der Waals surface area contributed by atoms with Crippen molar-refractivity contribution < 1.29 is 15.3 Å². The van der Waals surface area contributed by atoms with Gasteiger partial charge in [-0.15, -0.1) is 0 Å². The number of rotatable bonds is 2. The molecule has 0 aliphatic rings. The van der Waals surface area contributed by atoms with Crippen molar-refractivity contribution in [3.63, 3.8) is 0 Å². The first kappa shape index (κ1) is 15.8. The van der Waals surface area contributed by atoms with Crippen molar-refractivity contribution in [1.29, 1.82) is 0 Å². The molecule has 0 aromatic heterocycles. The van der Waals surface area contributed by atoms with Crippen LogP contribution in [0.2, 0.25) is 0 Å². The Bertz CT molecular complexity index is 18.4. The van der Waals surface area contributed by atoms with Gasteiger partial charge in [0, 0.05) is 0 Å². The highest BCUT2D eigenvalue weighted by atomic mass is 24.3. The summed E-state index contributed by atoms with van der Waals surface area (Å²) in [5.41, 5.74) is 0. The van der Waals surface area contributed by atoms with Crippen LogP contribution in [0.5, 0.6) is 0 Å². The van der Waals surface area contributed by atoms with E-state index in [2.05, 4.69) is 4.89 Å². The lowest BCUT2D eigenvalue weighted by molar-refractivity contribution is -0.246. The van der Waals surface area contributed by atoms with E-state index in [-0.39, 0.29) is 59.3 Å². The van der Waals surface area contributed by atoms with Gasteiger partial charge in [0.05, 0.1) is 6.61 Å². The molecule has 0 unspecified atom stereocenters. The molecule has 0 aromatic rings. The molecule has 5 heteroatoms. The smallest absolute Gasteiger partial charge is 0.316 e. The molecule has 3 nitrogen and oxygen atoms in total. The minimum absolute atomic E-state index is 0. The fourth-order valence-corrected chi connectivity index (χ4v) is 0.0408. The molecule has 0 aliphatic heterocycles. The van der Waals surface area contributed by atoms with Gasteiger partial charge in [-0.3, -0.25) is 5.26 Å². The number of hydrogen-bond donors (Lipinski definition) is 2. The Labute approximate surface area is 74.3 Å². The van der Waals surface area contributed by atoms with Crippen LogP contribution in [0.15, 0.2) is 0 Å². The summed E-state index contributed by atoms with van der Waals surface area (Å²) < 4.78 is 0. The maximum absolute atomic E-state index is 7.78. The Morgan fingerprint density at radius 2 is 1.71 bits per heavy atom. The summed E-state index contributed by atoms with van der Waals surface area (Å²) in [6, 6.07) is 0. The molecule has 0 amide bonds. The van der Waals surface area contributed by atoms with E-state index in [4.69, 9.17) is 10.4 Å². The van der Waals surface area contributed by atoms with Gasteiger partial charge in [0.1, 0.15) is 6.61 Å². The molecule has 40 valence electrons. The van der Waals surface area contributed by atoms with Crippen molar-refractivity contribution in [2.24, 2.45) is 0 Å². The highest BCUT2D eigenvalue weighted by molar-refractivity contribution is 5.76. The first-order valence-electron chi connectivity index (χ1n) is 1.29. The summed E-state index contributed by atoms with van der Waals surface area (Å²) in [5.74, 6) is 0. The number of aliphatic hydroxyl groups is 1. The quantitative estimate of drug-likeness (QED) is 0.250. The van der Waals surface area contributed by atoms with Gasteiger partial charge in [0.2, 0.25) is 0 Å². The monoisotopic (exact) mass is 130 g/mol. The van der Waals surface area contributed by atoms with Crippen molar-refractivity contribution in [3.8, 4) is 0 Å². The fraction of sp³-hybridized carbons (Fsp3) is 1.00. The third kappa shape index (κ3) is 18.6. The molecule has 0 heterocycles. The van der Waals surface area contributed by atoms with Crippen molar-refractivity contribution in [1.82, 2.24) is 0 Å². The van der Waals surface area contributed by atoms with Crippen LogP contribution >= 0.6 is 0 Å². The Hall–Kier alpha value is 1.41. The summed E-state index contributed by atoms with van der Waals surface area (Å²) in [6.07, 6.45) is 0. The lowest BCUT2D eigenvalue weighted by atomic mass is 10.8. The lowest BCUT2D eigenvalue weighted by Gasteiger charge is -1.81. The van der Waals surface area contributed by atoms with Crippen molar-refractivity contribution >= 4 is 46.1 Å². The van der Waals surface area contributed by atoms with E-state index in [1.165, 1.54) is 0 Å². The minimum Gasteiger partial charge on any atom is -0.394 e. The summed E-state index contributed by atoms with van der Waals surface area (Å²) in [6.45, 7) is -0.128. The standard InChI is InChI=1S/C2H6O3.2Mg.4H/c3-1-2-5-4;;;;;;/h3-4H,1-2H2;;;;;;. The van der Waals surface area contributed by atoms with Crippen molar-refractivity contribution in [3.05, 3.63) is 0 Å². The van der Waals surface area contributed by atoms with Gasteiger partial charge in [-0.05, 0) is 0 Å². The van der Waals surface area contributed by atoms with E-state index in [0.29, 0.717) is 0 Å². The summed E-state index contributed by atoms with van der Waals surface area (Å²) in [5, 5.41) is 15.2.